The maximum absolute atomic E-state index is 11.1. The van der Waals surface area contributed by atoms with Crippen LogP contribution in [0.5, 0.6) is 11.5 Å². The molecule has 0 aliphatic heterocycles. The molecule has 0 amide bonds. The number of carbonyl (C=O) groups excluding carboxylic acids is 1. The SMILES string of the molecule is CCOc1cc(C2=CC(=O)CC2)ccc1O.Cl. The molecule has 1 aliphatic carbocycles. The molecule has 0 fully saturated rings. The lowest BCUT2D eigenvalue weighted by molar-refractivity contribution is -0.114. The molecule has 0 saturated carbocycles. The third kappa shape index (κ3) is 3.01. The molecule has 0 unspecified atom stereocenters. The second-order valence-corrected chi connectivity index (χ2v) is 3.75. The summed E-state index contributed by atoms with van der Waals surface area (Å²) in [4.78, 5) is 11.1. The quantitative estimate of drug-likeness (QED) is 0.902. The lowest BCUT2D eigenvalue weighted by Crippen LogP contribution is -1.93. The van der Waals surface area contributed by atoms with Crippen molar-refractivity contribution < 1.29 is 14.6 Å². The van der Waals surface area contributed by atoms with Gasteiger partial charge in [-0.25, -0.2) is 0 Å². The zero-order valence-electron chi connectivity index (χ0n) is 9.60. The highest BCUT2D eigenvalue weighted by Crippen LogP contribution is 2.33. The van der Waals surface area contributed by atoms with Gasteiger partial charge in [0.2, 0.25) is 0 Å². The van der Waals surface area contributed by atoms with E-state index >= 15 is 0 Å². The first-order chi connectivity index (χ1) is 7.70. The number of allylic oxidation sites excluding steroid dienone is 2. The van der Waals surface area contributed by atoms with Gasteiger partial charge in [-0.15, -0.1) is 12.4 Å². The monoisotopic (exact) mass is 254 g/mol. The predicted molar refractivity (Wildman–Crippen MR) is 68.7 cm³/mol. The van der Waals surface area contributed by atoms with Crippen molar-refractivity contribution in [3.63, 3.8) is 0 Å². The first kappa shape index (κ1) is 13.6. The number of carbonyl (C=O) groups is 1. The normalized spacial score (nSPS) is 14.2. The van der Waals surface area contributed by atoms with Gasteiger partial charge < -0.3 is 9.84 Å². The summed E-state index contributed by atoms with van der Waals surface area (Å²) >= 11 is 0. The molecule has 0 atom stereocenters. The predicted octanol–water partition coefficient (Wildman–Crippen LogP) is 2.96. The van der Waals surface area contributed by atoms with Crippen molar-refractivity contribution in [2.75, 3.05) is 6.61 Å². The molecule has 92 valence electrons. The Morgan fingerprint density at radius 2 is 2.12 bits per heavy atom. The van der Waals surface area contributed by atoms with Crippen molar-refractivity contribution in [3.05, 3.63) is 29.8 Å². The highest BCUT2D eigenvalue weighted by Gasteiger charge is 2.14. The Hall–Kier alpha value is -1.48. The van der Waals surface area contributed by atoms with Crippen LogP contribution in [0.2, 0.25) is 0 Å². The highest BCUT2D eigenvalue weighted by molar-refractivity contribution is 6.01. The number of ketones is 1. The van der Waals surface area contributed by atoms with E-state index in [0.717, 1.165) is 17.6 Å². The Balaban J connectivity index is 0.00000144. The molecule has 0 heterocycles. The average Bonchev–Trinajstić information content (AvgIpc) is 2.69. The van der Waals surface area contributed by atoms with Crippen LogP contribution in [0, 0.1) is 0 Å². The first-order valence-electron chi connectivity index (χ1n) is 5.40. The zero-order valence-corrected chi connectivity index (χ0v) is 10.4. The van der Waals surface area contributed by atoms with Gasteiger partial charge >= 0.3 is 0 Å². The third-order valence-corrected chi connectivity index (χ3v) is 2.61. The molecule has 1 aromatic rings. The maximum atomic E-state index is 11.1. The van der Waals surface area contributed by atoms with Crippen LogP contribution in [0.15, 0.2) is 24.3 Å². The molecule has 1 aromatic carbocycles. The van der Waals surface area contributed by atoms with Gasteiger partial charge in [0.25, 0.3) is 0 Å². The van der Waals surface area contributed by atoms with E-state index in [4.69, 9.17) is 4.74 Å². The van der Waals surface area contributed by atoms with Crippen LogP contribution in [0.3, 0.4) is 0 Å². The minimum Gasteiger partial charge on any atom is -0.504 e. The van der Waals surface area contributed by atoms with E-state index in [1.54, 1.807) is 18.2 Å². The molecule has 3 nitrogen and oxygen atoms in total. The number of rotatable bonds is 3. The number of benzene rings is 1. The minimum atomic E-state index is 0. The summed E-state index contributed by atoms with van der Waals surface area (Å²) in [5.74, 6) is 0.775. The number of phenolic OH excluding ortho intramolecular Hbond substituents is 1. The van der Waals surface area contributed by atoms with Gasteiger partial charge in [-0.1, -0.05) is 6.07 Å². The van der Waals surface area contributed by atoms with Crippen LogP contribution < -0.4 is 4.74 Å². The van der Waals surface area contributed by atoms with Crippen molar-refractivity contribution in [3.8, 4) is 11.5 Å². The van der Waals surface area contributed by atoms with E-state index in [0.29, 0.717) is 18.8 Å². The van der Waals surface area contributed by atoms with Crippen LogP contribution in [0.1, 0.15) is 25.3 Å². The number of halogens is 1. The number of hydrogen-bond donors (Lipinski definition) is 1. The van der Waals surface area contributed by atoms with Crippen molar-refractivity contribution in [2.24, 2.45) is 0 Å². The smallest absolute Gasteiger partial charge is 0.161 e. The van der Waals surface area contributed by atoms with Gasteiger partial charge in [0.1, 0.15) is 0 Å². The topological polar surface area (TPSA) is 46.5 Å². The highest BCUT2D eigenvalue weighted by atomic mass is 35.5. The molecule has 1 N–H and O–H groups in total. The Morgan fingerprint density at radius 1 is 1.35 bits per heavy atom. The van der Waals surface area contributed by atoms with E-state index in [9.17, 15) is 9.90 Å². The number of ether oxygens (including phenoxy) is 1. The van der Waals surface area contributed by atoms with E-state index < -0.39 is 0 Å². The van der Waals surface area contributed by atoms with Gasteiger partial charge in [-0.05, 0) is 42.7 Å². The molecule has 4 heteroatoms. The number of aromatic hydroxyl groups is 1. The van der Waals surface area contributed by atoms with Gasteiger partial charge in [0.05, 0.1) is 6.61 Å². The summed E-state index contributed by atoms with van der Waals surface area (Å²) in [7, 11) is 0. The number of phenols is 1. The second-order valence-electron chi connectivity index (χ2n) is 3.75. The van der Waals surface area contributed by atoms with Crippen molar-refractivity contribution in [2.45, 2.75) is 19.8 Å². The van der Waals surface area contributed by atoms with Crippen LogP contribution in [-0.2, 0) is 4.79 Å². The third-order valence-electron chi connectivity index (χ3n) is 2.61. The lowest BCUT2D eigenvalue weighted by atomic mass is 10.1. The zero-order chi connectivity index (χ0) is 11.5. The van der Waals surface area contributed by atoms with E-state index in [1.165, 1.54) is 0 Å². The maximum Gasteiger partial charge on any atom is 0.161 e. The second kappa shape index (κ2) is 5.73. The molecule has 2 rings (SSSR count). The van der Waals surface area contributed by atoms with E-state index in [2.05, 4.69) is 0 Å². The fourth-order valence-corrected chi connectivity index (χ4v) is 1.81. The molecule has 0 aromatic heterocycles. The fourth-order valence-electron chi connectivity index (χ4n) is 1.81. The molecule has 0 bridgehead atoms. The molecule has 17 heavy (non-hydrogen) atoms. The van der Waals surface area contributed by atoms with Crippen molar-refractivity contribution in [1.29, 1.82) is 0 Å². The van der Waals surface area contributed by atoms with Crippen LogP contribution in [0.4, 0.5) is 0 Å². The Morgan fingerprint density at radius 3 is 2.71 bits per heavy atom. The van der Waals surface area contributed by atoms with E-state index in [-0.39, 0.29) is 23.9 Å². The lowest BCUT2D eigenvalue weighted by Gasteiger charge is -2.08. The minimum absolute atomic E-state index is 0. The number of hydrogen-bond acceptors (Lipinski definition) is 3. The summed E-state index contributed by atoms with van der Waals surface area (Å²) in [6.07, 6.45) is 3.03. The standard InChI is InChI=1S/C13H14O3.ClH/c1-2-16-13-8-10(4-6-12(13)15)9-3-5-11(14)7-9;/h4,6-8,15H,2-3,5H2,1H3;1H. The largest absolute Gasteiger partial charge is 0.504 e. The van der Waals surface area contributed by atoms with Crippen molar-refractivity contribution in [1.82, 2.24) is 0 Å². The van der Waals surface area contributed by atoms with Gasteiger partial charge in [0, 0.05) is 6.42 Å². The Bertz CT molecular complexity index is 452. The van der Waals surface area contributed by atoms with Crippen LogP contribution in [-0.4, -0.2) is 17.5 Å². The summed E-state index contributed by atoms with van der Waals surface area (Å²) in [5.41, 5.74) is 1.97. The molecule has 1 aliphatic rings. The summed E-state index contributed by atoms with van der Waals surface area (Å²) in [6.45, 7) is 2.37. The average molecular weight is 255 g/mol. The molecule has 0 radical (unpaired) electrons. The Labute approximate surface area is 107 Å². The van der Waals surface area contributed by atoms with Gasteiger partial charge in [0.15, 0.2) is 17.3 Å². The summed E-state index contributed by atoms with van der Waals surface area (Å²) in [5, 5.41) is 9.55. The van der Waals surface area contributed by atoms with Crippen LogP contribution >= 0.6 is 12.4 Å². The molecular weight excluding hydrogens is 240 g/mol. The van der Waals surface area contributed by atoms with Gasteiger partial charge in [-0.3, -0.25) is 4.79 Å². The fraction of sp³-hybridized carbons (Fsp3) is 0.308. The van der Waals surface area contributed by atoms with Crippen molar-refractivity contribution >= 4 is 23.8 Å². The Kier molecular flexibility index (Phi) is 4.58. The molecular formula is C13H15ClO3. The first-order valence-corrected chi connectivity index (χ1v) is 5.40. The van der Waals surface area contributed by atoms with Gasteiger partial charge in [-0.2, -0.15) is 0 Å². The van der Waals surface area contributed by atoms with Crippen LogP contribution in [0.25, 0.3) is 5.57 Å². The molecule has 0 saturated heterocycles. The summed E-state index contributed by atoms with van der Waals surface area (Å²) in [6, 6.07) is 5.19. The molecule has 0 spiro atoms. The summed E-state index contributed by atoms with van der Waals surface area (Å²) < 4.78 is 5.30. The van der Waals surface area contributed by atoms with E-state index in [1.807, 2.05) is 13.0 Å².